The second-order valence-electron chi connectivity index (χ2n) is 15.3. The second-order valence-corrected chi connectivity index (χ2v) is 17.9. The molecule has 6 rings (SSSR count). The van der Waals surface area contributed by atoms with Crippen molar-refractivity contribution in [3.8, 4) is 0 Å². The van der Waals surface area contributed by atoms with Gasteiger partial charge in [-0.15, -0.1) is 0 Å². The molecule has 0 fully saturated rings. The molecule has 8 heteroatoms. The van der Waals surface area contributed by atoms with E-state index in [4.69, 9.17) is 5.73 Å². The van der Waals surface area contributed by atoms with Crippen molar-refractivity contribution in [1.29, 1.82) is 0 Å². The zero-order chi connectivity index (χ0) is 37.1. The van der Waals surface area contributed by atoms with E-state index in [1.807, 2.05) is 23.9 Å². The third-order valence-electron chi connectivity index (χ3n) is 10.8. The van der Waals surface area contributed by atoms with E-state index >= 15 is 0 Å². The highest BCUT2D eigenvalue weighted by Crippen LogP contribution is 2.49. The molecule has 2 heterocycles. The van der Waals surface area contributed by atoms with Gasteiger partial charge in [-0.25, -0.2) is 0 Å². The summed E-state index contributed by atoms with van der Waals surface area (Å²) in [4.78, 5) is 4.80. The van der Waals surface area contributed by atoms with E-state index in [1.54, 1.807) is 0 Å². The number of thioether (sulfide) groups is 1. The number of para-hydroxylation sites is 2. The minimum absolute atomic E-state index is 0.0999. The summed E-state index contributed by atoms with van der Waals surface area (Å²) in [7, 11) is -3.99. The minimum atomic E-state index is -3.99. The topological polar surface area (TPSA) is 86.6 Å². The molecule has 3 aromatic carbocycles. The van der Waals surface area contributed by atoms with E-state index in [0.29, 0.717) is 19.4 Å². The Morgan fingerprint density at radius 2 is 1.58 bits per heavy atom. The van der Waals surface area contributed by atoms with Crippen LogP contribution in [0.2, 0.25) is 0 Å². The Hall–Kier alpha value is -3.85. The van der Waals surface area contributed by atoms with Gasteiger partial charge in [0.05, 0.1) is 11.2 Å². The number of fused-ring (bicyclic) bond motifs is 2. The lowest BCUT2D eigenvalue weighted by Crippen LogP contribution is -2.28. The third-order valence-corrected chi connectivity index (χ3v) is 12.9. The van der Waals surface area contributed by atoms with Gasteiger partial charge in [0.15, 0.2) is 5.71 Å². The summed E-state index contributed by atoms with van der Waals surface area (Å²) in [6.07, 6.45) is 15.8. The summed E-state index contributed by atoms with van der Waals surface area (Å²) >= 11 is 1.82. The fraction of sp³-hybridized carbons (Fsp3) is 0.386. The first-order valence-electron chi connectivity index (χ1n) is 18.7. The van der Waals surface area contributed by atoms with Gasteiger partial charge in [-0.2, -0.15) is 13.0 Å². The molecule has 0 bridgehead atoms. The number of nitrogen functional groups attached to an aromatic ring is 1. The van der Waals surface area contributed by atoms with Gasteiger partial charge >= 0.3 is 0 Å². The average Bonchev–Trinajstić information content (AvgIpc) is 3.46. The number of benzene rings is 3. The lowest BCUT2D eigenvalue weighted by molar-refractivity contribution is -0.438. The molecule has 2 aliphatic heterocycles. The molecule has 0 saturated carbocycles. The molecule has 6 nitrogen and oxygen atoms in total. The Morgan fingerprint density at radius 1 is 0.865 bits per heavy atom. The van der Waals surface area contributed by atoms with Gasteiger partial charge < -0.3 is 10.6 Å². The van der Waals surface area contributed by atoms with E-state index in [-0.39, 0.29) is 16.6 Å². The van der Waals surface area contributed by atoms with Gasteiger partial charge in [0.1, 0.15) is 6.54 Å². The van der Waals surface area contributed by atoms with E-state index < -0.39 is 10.1 Å². The van der Waals surface area contributed by atoms with Crippen LogP contribution in [0.25, 0.3) is 0 Å². The lowest BCUT2D eigenvalue weighted by atomic mass is 9.81. The molecular weight excluding hydrogens is 683 g/mol. The van der Waals surface area contributed by atoms with E-state index in [2.05, 4.69) is 129 Å². The predicted octanol–water partition coefficient (Wildman–Crippen LogP) is 10.5. The van der Waals surface area contributed by atoms with Crippen LogP contribution in [0.3, 0.4) is 0 Å². The van der Waals surface area contributed by atoms with Crippen molar-refractivity contribution in [2.45, 2.75) is 95.3 Å². The Kier molecular flexibility index (Phi) is 11.4. The maximum Gasteiger partial charge on any atom is 0.264 e. The van der Waals surface area contributed by atoms with E-state index in [9.17, 15) is 13.0 Å². The first-order valence-corrected chi connectivity index (χ1v) is 21.2. The Bertz CT molecular complexity index is 2070. The highest BCUT2D eigenvalue weighted by atomic mass is 32.2. The minimum Gasteiger partial charge on any atom is -0.399 e. The van der Waals surface area contributed by atoms with Crippen molar-refractivity contribution in [3.63, 3.8) is 0 Å². The van der Waals surface area contributed by atoms with Crippen LogP contribution in [0.15, 0.2) is 124 Å². The third kappa shape index (κ3) is 8.04. The largest absolute Gasteiger partial charge is 0.399 e. The SMILES string of the molecule is CCCC[N+]1=C(/C=C/C2=C(Sc3ccc(N)cc3)C(=C/C=C3/N(CCCCS(=O)(=O)O)c4ccccc4C3(C)C)/CCC2)C(C)(C)c2ccccc21. The van der Waals surface area contributed by atoms with Crippen LogP contribution in [0, 0.1) is 0 Å². The van der Waals surface area contributed by atoms with Crippen LogP contribution in [0.5, 0.6) is 0 Å². The summed E-state index contributed by atoms with van der Waals surface area (Å²) in [6.45, 7) is 13.2. The standard InChI is InChI=1S/C44H53N3O3S2/c1-6-7-29-46-38-19-10-8-17-36(38)43(2,3)40(46)27-21-32-15-14-16-33(42(32)51-35-25-23-34(45)24-26-35)22-28-41-44(4,5)37-18-9-11-20-39(37)47(41)30-12-13-31-52(48,49)50/h8-11,17-28H,6-7,12-16,29-31,45H2,1-5H3/p+1. The summed E-state index contributed by atoms with van der Waals surface area (Å²) in [6, 6.07) is 25.6. The smallest absolute Gasteiger partial charge is 0.264 e. The number of nitrogens with two attached hydrogens (primary N) is 1. The highest BCUT2D eigenvalue weighted by Gasteiger charge is 2.44. The zero-order valence-corrected chi connectivity index (χ0v) is 33.0. The molecule has 1 aliphatic carbocycles. The first kappa shape index (κ1) is 37.9. The number of unbranched alkanes of at least 4 members (excludes halogenated alkanes) is 2. The van der Waals surface area contributed by atoms with Crippen LogP contribution in [0.1, 0.15) is 90.7 Å². The number of allylic oxidation sites excluding steroid dienone is 7. The molecule has 0 atom stereocenters. The maximum absolute atomic E-state index is 11.4. The molecule has 0 saturated heterocycles. The monoisotopic (exact) mass is 736 g/mol. The van der Waals surface area contributed by atoms with E-state index in [1.165, 1.54) is 44.3 Å². The maximum atomic E-state index is 11.4. The average molecular weight is 737 g/mol. The molecule has 0 aromatic heterocycles. The fourth-order valence-corrected chi connectivity index (χ4v) is 9.68. The van der Waals surface area contributed by atoms with Gasteiger partial charge in [-0.1, -0.05) is 87.5 Å². The van der Waals surface area contributed by atoms with Crippen molar-refractivity contribution < 1.29 is 17.5 Å². The van der Waals surface area contributed by atoms with Crippen molar-refractivity contribution >= 4 is 44.7 Å². The second kappa shape index (κ2) is 15.6. The molecular formula is C44H54N3O3S2+. The van der Waals surface area contributed by atoms with Gasteiger partial charge in [-0.05, 0) is 99.1 Å². The van der Waals surface area contributed by atoms with Gasteiger partial charge in [0.2, 0.25) is 5.69 Å². The van der Waals surface area contributed by atoms with Gasteiger partial charge in [0.25, 0.3) is 10.1 Å². The first-order chi connectivity index (χ1) is 24.8. The van der Waals surface area contributed by atoms with Crippen molar-refractivity contribution in [1.82, 2.24) is 0 Å². The zero-order valence-electron chi connectivity index (χ0n) is 31.4. The number of rotatable bonds is 13. The number of hydrogen-bond acceptors (Lipinski definition) is 5. The predicted molar refractivity (Wildman–Crippen MR) is 220 cm³/mol. The molecule has 0 unspecified atom stereocenters. The normalized spacial score (nSPS) is 19.7. The van der Waals surface area contributed by atoms with Crippen LogP contribution in [-0.2, 0) is 20.9 Å². The lowest BCUT2D eigenvalue weighted by Gasteiger charge is -2.27. The van der Waals surface area contributed by atoms with Crippen LogP contribution >= 0.6 is 11.8 Å². The van der Waals surface area contributed by atoms with Crippen LogP contribution < -0.4 is 10.6 Å². The van der Waals surface area contributed by atoms with Crippen molar-refractivity contribution in [3.05, 3.63) is 130 Å². The molecule has 3 aromatic rings. The van der Waals surface area contributed by atoms with Crippen molar-refractivity contribution in [2.75, 3.05) is 29.5 Å². The molecule has 0 radical (unpaired) electrons. The summed E-state index contributed by atoms with van der Waals surface area (Å²) in [5.41, 5.74) is 16.9. The molecule has 274 valence electrons. The highest BCUT2D eigenvalue weighted by molar-refractivity contribution is 8.03. The van der Waals surface area contributed by atoms with Gasteiger partial charge in [0, 0.05) is 63.0 Å². The van der Waals surface area contributed by atoms with Crippen molar-refractivity contribution in [2.24, 2.45) is 0 Å². The van der Waals surface area contributed by atoms with Gasteiger partial charge in [-0.3, -0.25) is 4.55 Å². The fourth-order valence-electron chi connectivity index (χ4n) is 8.00. The van der Waals surface area contributed by atoms with Crippen LogP contribution in [0.4, 0.5) is 17.1 Å². The molecule has 3 N–H and O–H groups in total. The van der Waals surface area contributed by atoms with E-state index in [0.717, 1.165) is 54.9 Å². The quantitative estimate of drug-likeness (QED) is 0.0786. The molecule has 0 spiro atoms. The number of anilines is 2. The molecule has 3 aliphatic rings. The Balaban J connectivity index is 1.41. The Labute approximate surface area is 315 Å². The molecule has 0 amide bonds. The summed E-state index contributed by atoms with van der Waals surface area (Å²) in [5.74, 6) is -0.222. The summed E-state index contributed by atoms with van der Waals surface area (Å²) < 4.78 is 34.7. The summed E-state index contributed by atoms with van der Waals surface area (Å²) in [5, 5.41) is 0. The number of nitrogens with zero attached hydrogens (tertiary/aromatic N) is 2. The molecule has 52 heavy (non-hydrogen) atoms. The Morgan fingerprint density at radius 3 is 2.31 bits per heavy atom. The number of hydrogen-bond donors (Lipinski definition) is 2. The van der Waals surface area contributed by atoms with Crippen LogP contribution in [-0.4, -0.2) is 42.1 Å².